The van der Waals surface area contributed by atoms with E-state index >= 15 is 0 Å². The maximum absolute atomic E-state index is 10.1. The standard InChI is InChI=1S/C18H24N4O2/c1-21(2)18-19-9-13(10-20-18)11-22-12-15(23)8-17(22)14-5-4-6-16(7-14)24-3/h4-7,9-10,15,17,23H,8,11-12H2,1-3H3/t15-,17+/m0/s1. The molecule has 0 aliphatic carbocycles. The van der Waals surface area contributed by atoms with Crippen LogP contribution < -0.4 is 9.64 Å². The van der Waals surface area contributed by atoms with E-state index in [1.165, 1.54) is 0 Å². The number of methoxy groups -OCH3 is 1. The van der Waals surface area contributed by atoms with E-state index in [0.717, 1.165) is 23.3 Å². The summed E-state index contributed by atoms with van der Waals surface area (Å²) in [7, 11) is 5.51. The highest BCUT2D eigenvalue weighted by Gasteiger charge is 2.32. The first-order valence-corrected chi connectivity index (χ1v) is 8.11. The van der Waals surface area contributed by atoms with Crippen LogP contribution in [0.1, 0.15) is 23.6 Å². The van der Waals surface area contributed by atoms with Crippen molar-refractivity contribution in [3.63, 3.8) is 0 Å². The van der Waals surface area contributed by atoms with Crippen molar-refractivity contribution >= 4 is 5.95 Å². The molecule has 1 aromatic carbocycles. The molecule has 1 N–H and O–H groups in total. The first-order chi connectivity index (χ1) is 11.6. The molecule has 0 radical (unpaired) electrons. The molecule has 6 heteroatoms. The highest BCUT2D eigenvalue weighted by atomic mass is 16.5. The molecular weight excluding hydrogens is 304 g/mol. The Hall–Kier alpha value is -2.18. The third-order valence-electron chi connectivity index (χ3n) is 4.34. The third-order valence-corrected chi connectivity index (χ3v) is 4.34. The molecule has 2 atom stereocenters. The van der Waals surface area contributed by atoms with E-state index < -0.39 is 0 Å². The van der Waals surface area contributed by atoms with Crippen molar-refractivity contribution in [3.05, 3.63) is 47.8 Å². The first kappa shape index (κ1) is 16.7. The lowest BCUT2D eigenvalue weighted by molar-refractivity contribution is 0.172. The van der Waals surface area contributed by atoms with E-state index in [-0.39, 0.29) is 12.1 Å². The summed E-state index contributed by atoms with van der Waals surface area (Å²) in [5.41, 5.74) is 2.21. The van der Waals surface area contributed by atoms with Gasteiger partial charge in [0.2, 0.25) is 5.95 Å². The minimum atomic E-state index is -0.317. The molecule has 0 amide bonds. The molecule has 1 saturated heterocycles. The van der Waals surface area contributed by atoms with Crippen LogP contribution in [0.3, 0.4) is 0 Å². The number of nitrogens with zero attached hydrogens (tertiary/aromatic N) is 4. The summed E-state index contributed by atoms with van der Waals surface area (Å²) >= 11 is 0. The summed E-state index contributed by atoms with van der Waals surface area (Å²) in [4.78, 5) is 12.9. The van der Waals surface area contributed by atoms with Gasteiger partial charge in [0, 0.05) is 51.2 Å². The van der Waals surface area contributed by atoms with Gasteiger partial charge in [-0.1, -0.05) is 12.1 Å². The highest BCUT2D eigenvalue weighted by molar-refractivity contribution is 5.32. The summed E-state index contributed by atoms with van der Waals surface area (Å²) in [6.45, 7) is 1.37. The number of hydrogen-bond donors (Lipinski definition) is 1. The Balaban J connectivity index is 1.77. The fraction of sp³-hybridized carbons (Fsp3) is 0.444. The Morgan fingerprint density at radius 3 is 2.71 bits per heavy atom. The van der Waals surface area contributed by atoms with Gasteiger partial charge in [0.05, 0.1) is 13.2 Å². The Morgan fingerprint density at radius 1 is 1.29 bits per heavy atom. The zero-order chi connectivity index (χ0) is 17.1. The molecule has 0 spiro atoms. The van der Waals surface area contributed by atoms with E-state index in [4.69, 9.17) is 4.74 Å². The van der Waals surface area contributed by atoms with Crippen LogP contribution in [0.2, 0.25) is 0 Å². The van der Waals surface area contributed by atoms with Crippen molar-refractivity contribution in [3.8, 4) is 5.75 Å². The maximum atomic E-state index is 10.1. The van der Waals surface area contributed by atoms with Gasteiger partial charge in [0.25, 0.3) is 0 Å². The van der Waals surface area contributed by atoms with Gasteiger partial charge in [0.1, 0.15) is 5.75 Å². The Bertz CT molecular complexity index is 675. The second-order valence-electron chi connectivity index (χ2n) is 6.40. The largest absolute Gasteiger partial charge is 0.497 e. The number of aromatic nitrogens is 2. The molecule has 6 nitrogen and oxygen atoms in total. The normalized spacial score (nSPS) is 21.0. The minimum absolute atomic E-state index is 0.170. The molecule has 1 aliphatic heterocycles. The molecule has 2 heterocycles. The molecule has 1 aliphatic rings. The summed E-state index contributed by atoms with van der Waals surface area (Å²) in [5, 5.41) is 10.1. The SMILES string of the molecule is COc1cccc([C@H]2C[C@H](O)CN2Cc2cnc(N(C)C)nc2)c1. The molecule has 1 fully saturated rings. The van der Waals surface area contributed by atoms with Crippen LogP contribution in [0.15, 0.2) is 36.7 Å². The zero-order valence-electron chi connectivity index (χ0n) is 14.4. The molecule has 0 unspecified atom stereocenters. The second-order valence-corrected chi connectivity index (χ2v) is 6.40. The van der Waals surface area contributed by atoms with Crippen molar-refractivity contribution in [2.75, 3.05) is 32.6 Å². The van der Waals surface area contributed by atoms with Gasteiger partial charge in [-0.25, -0.2) is 9.97 Å². The molecular formula is C18H24N4O2. The van der Waals surface area contributed by atoms with Crippen LogP contribution in [0.25, 0.3) is 0 Å². The number of benzene rings is 1. The summed E-state index contributed by atoms with van der Waals surface area (Å²) in [6, 6.07) is 8.23. The number of aliphatic hydroxyl groups is 1. The van der Waals surface area contributed by atoms with Gasteiger partial charge < -0.3 is 14.7 Å². The number of β-amino-alcohol motifs (C(OH)–C–C–N with tert-alkyl or cyclic N) is 1. The lowest BCUT2D eigenvalue weighted by atomic mass is 10.0. The monoisotopic (exact) mass is 328 g/mol. The maximum Gasteiger partial charge on any atom is 0.224 e. The lowest BCUT2D eigenvalue weighted by Gasteiger charge is -2.24. The van der Waals surface area contributed by atoms with Crippen molar-refractivity contribution in [1.29, 1.82) is 0 Å². The van der Waals surface area contributed by atoms with E-state index in [0.29, 0.717) is 19.0 Å². The van der Waals surface area contributed by atoms with Crippen LogP contribution in [-0.2, 0) is 6.54 Å². The first-order valence-electron chi connectivity index (χ1n) is 8.11. The van der Waals surface area contributed by atoms with E-state index in [9.17, 15) is 5.11 Å². The van der Waals surface area contributed by atoms with E-state index in [2.05, 4.69) is 20.9 Å². The molecule has 24 heavy (non-hydrogen) atoms. The Kier molecular flexibility index (Phi) is 4.97. The van der Waals surface area contributed by atoms with Gasteiger partial charge in [-0.05, 0) is 24.1 Å². The summed E-state index contributed by atoms with van der Waals surface area (Å²) in [6.07, 6.45) is 4.12. The minimum Gasteiger partial charge on any atom is -0.497 e. The Morgan fingerprint density at radius 2 is 2.04 bits per heavy atom. The average molecular weight is 328 g/mol. The van der Waals surface area contributed by atoms with Crippen LogP contribution in [0.4, 0.5) is 5.95 Å². The molecule has 2 aromatic rings. The zero-order valence-corrected chi connectivity index (χ0v) is 14.4. The van der Waals surface area contributed by atoms with Gasteiger partial charge in [-0.15, -0.1) is 0 Å². The van der Waals surface area contributed by atoms with Crippen molar-refractivity contribution < 1.29 is 9.84 Å². The molecule has 3 rings (SSSR count). The fourth-order valence-electron chi connectivity index (χ4n) is 3.14. The third kappa shape index (κ3) is 3.66. The molecule has 0 bridgehead atoms. The number of likely N-dealkylation sites (tertiary alicyclic amines) is 1. The van der Waals surface area contributed by atoms with E-state index in [1.807, 2.05) is 49.6 Å². The van der Waals surface area contributed by atoms with Crippen molar-refractivity contribution in [1.82, 2.24) is 14.9 Å². The van der Waals surface area contributed by atoms with Crippen molar-refractivity contribution in [2.24, 2.45) is 0 Å². The number of rotatable bonds is 5. The van der Waals surface area contributed by atoms with E-state index in [1.54, 1.807) is 7.11 Å². The Labute approximate surface area is 142 Å². The number of hydrogen-bond acceptors (Lipinski definition) is 6. The topological polar surface area (TPSA) is 61.7 Å². The number of anilines is 1. The second kappa shape index (κ2) is 7.15. The van der Waals surface area contributed by atoms with Gasteiger partial charge in [-0.2, -0.15) is 0 Å². The smallest absolute Gasteiger partial charge is 0.224 e. The van der Waals surface area contributed by atoms with Gasteiger partial charge >= 0.3 is 0 Å². The van der Waals surface area contributed by atoms with Crippen LogP contribution in [0, 0.1) is 0 Å². The van der Waals surface area contributed by atoms with Crippen molar-refractivity contribution in [2.45, 2.75) is 25.1 Å². The van der Waals surface area contributed by atoms with Crippen LogP contribution in [-0.4, -0.2) is 53.8 Å². The lowest BCUT2D eigenvalue weighted by Crippen LogP contribution is -2.24. The predicted molar refractivity (Wildman–Crippen MR) is 93.1 cm³/mol. The molecule has 1 aromatic heterocycles. The van der Waals surface area contributed by atoms with Crippen LogP contribution in [0.5, 0.6) is 5.75 Å². The van der Waals surface area contributed by atoms with Crippen LogP contribution >= 0.6 is 0 Å². The molecule has 128 valence electrons. The number of ether oxygens (including phenoxy) is 1. The fourth-order valence-corrected chi connectivity index (χ4v) is 3.14. The quantitative estimate of drug-likeness (QED) is 0.904. The predicted octanol–water partition coefficient (Wildman–Crippen LogP) is 1.86. The summed E-state index contributed by atoms with van der Waals surface area (Å²) < 4.78 is 5.32. The highest BCUT2D eigenvalue weighted by Crippen LogP contribution is 2.34. The average Bonchev–Trinajstić information content (AvgIpc) is 2.96. The van der Waals surface area contributed by atoms with Gasteiger partial charge in [-0.3, -0.25) is 4.90 Å². The number of aliphatic hydroxyl groups excluding tert-OH is 1. The molecule has 0 saturated carbocycles. The van der Waals surface area contributed by atoms with Gasteiger partial charge in [0.15, 0.2) is 0 Å². The summed E-state index contributed by atoms with van der Waals surface area (Å²) in [5.74, 6) is 1.54.